The summed E-state index contributed by atoms with van der Waals surface area (Å²) in [5.41, 5.74) is 7.87. The van der Waals surface area contributed by atoms with Gasteiger partial charge in [0.25, 0.3) is 0 Å². The van der Waals surface area contributed by atoms with Gasteiger partial charge in [0.05, 0.1) is 5.02 Å². The van der Waals surface area contributed by atoms with Gasteiger partial charge in [-0.1, -0.05) is 55.8 Å². The normalized spacial score (nSPS) is 10.8. The Kier molecular flexibility index (Phi) is 5.05. The topological polar surface area (TPSA) is 35.2 Å². The number of ether oxygens (including phenoxy) is 1. The summed E-state index contributed by atoms with van der Waals surface area (Å²) in [5, 5.41) is 0.620. The molecular weight excluding hydrogens is 270 g/mol. The Bertz CT molecular complexity index is 581. The quantitative estimate of drug-likeness (QED) is 0.861. The minimum absolute atomic E-state index is 0.395. The molecule has 0 atom stereocenters. The van der Waals surface area contributed by atoms with E-state index in [9.17, 15) is 0 Å². The smallest absolute Gasteiger partial charge is 0.149 e. The molecule has 0 bridgehead atoms. The molecule has 0 saturated carbocycles. The third kappa shape index (κ3) is 3.33. The third-order valence-corrected chi connectivity index (χ3v) is 3.51. The van der Waals surface area contributed by atoms with Gasteiger partial charge in [-0.15, -0.1) is 0 Å². The van der Waals surface area contributed by atoms with Crippen molar-refractivity contribution in [3.63, 3.8) is 0 Å². The molecule has 0 heterocycles. The van der Waals surface area contributed by atoms with Gasteiger partial charge in [-0.05, 0) is 42.1 Å². The summed E-state index contributed by atoms with van der Waals surface area (Å²) < 4.78 is 6.10. The van der Waals surface area contributed by atoms with Gasteiger partial charge in [0.2, 0.25) is 0 Å². The van der Waals surface area contributed by atoms with Gasteiger partial charge in [0.15, 0.2) is 0 Å². The van der Waals surface area contributed by atoms with Gasteiger partial charge in [0, 0.05) is 0 Å². The molecule has 0 aliphatic heterocycles. The molecule has 0 aromatic heterocycles. The molecule has 0 spiro atoms. The number of rotatable bonds is 5. The van der Waals surface area contributed by atoms with Crippen LogP contribution in [0.5, 0.6) is 11.5 Å². The molecule has 0 aliphatic carbocycles. The van der Waals surface area contributed by atoms with E-state index in [0.717, 1.165) is 17.7 Å². The molecule has 106 valence electrons. The maximum Gasteiger partial charge on any atom is 0.149 e. The highest BCUT2D eigenvalue weighted by atomic mass is 35.5. The highest BCUT2D eigenvalue weighted by molar-refractivity contribution is 6.32. The van der Waals surface area contributed by atoms with Crippen molar-refractivity contribution in [2.24, 2.45) is 5.73 Å². The first-order valence-corrected chi connectivity index (χ1v) is 7.25. The predicted octanol–water partition coefficient (Wildman–Crippen LogP) is 4.76. The minimum Gasteiger partial charge on any atom is -0.455 e. The summed E-state index contributed by atoms with van der Waals surface area (Å²) in [7, 11) is 0. The van der Waals surface area contributed by atoms with E-state index in [1.165, 1.54) is 5.56 Å². The van der Waals surface area contributed by atoms with Crippen molar-refractivity contribution in [1.82, 2.24) is 0 Å². The Morgan fingerprint density at radius 1 is 1.10 bits per heavy atom. The van der Waals surface area contributed by atoms with Crippen molar-refractivity contribution in [2.45, 2.75) is 26.2 Å². The predicted molar refractivity (Wildman–Crippen MR) is 84.8 cm³/mol. The minimum atomic E-state index is 0.395. The van der Waals surface area contributed by atoms with Crippen molar-refractivity contribution in [2.75, 3.05) is 6.54 Å². The molecule has 0 unspecified atom stereocenters. The second kappa shape index (κ2) is 6.78. The summed E-state index contributed by atoms with van der Waals surface area (Å²) in [5.74, 6) is 1.97. The number of benzene rings is 2. The van der Waals surface area contributed by atoms with Gasteiger partial charge >= 0.3 is 0 Å². The molecule has 0 radical (unpaired) electrons. The summed E-state index contributed by atoms with van der Waals surface area (Å²) in [6.45, 7) is 4.87. The van der Waals surface area contributed by atoms with Crippen molar-refractivity contribution >= 4 is 11.6 Å². The first kappa shape index (κ1) is 14.9. The SMILES string of the molecule is CC(C)c1ccccc1Oc1c(Cl)cccc1CCN. The highest BCUT2D eigenvalue weighted by Gasteiger charge is 2.13. The van der Waals surface area contributed by atoms with Crippen molar-refractivity contribution in [3.8, 4) is 11.5 Å². The number of hydrogen-bond acceptors (Lipinski definition) is 2. The fourth-order valence-corrected chi connectivity index (χ4v) is 2.41. The molecule has 2 aromatic carbocycles. The maximum absolute atomic E-state index is 6.28. The molecule has 2 aromatic rings. The van der Waals surface area contributed by atoms with Crippen LogP contribution in [0.15, 0.2) is 42.5 Å². The monoisotopic (exact) mass is 289 g/mol. The summed E-state index contributed by atoms with van der Waals surface area (Å²) in [6, 6.07) is 13.8. The zero-order valence-electron chi connectivity index (χ0n) is 11.9. The van der Waals surface area contributed by atoms with E-state index in [2.05, 4.69) is 19.9 Å². The van der Waals surface area contributed by atoms with Crippen LogP contribution in [0.3, 0.4) is 0 Å². The van der Waals surface area contributed by atoms with Crippen molar-refractivity contribution in [1.29, 1.82) is 0 Å². The van der Waals surface area contributed by atoms with Crippen LogP contribution >= 0.6 is 11.6 Å². The van der Waals surface area contributed by atoms with Crippen molar-refractivity contribution in [3.05, 3.63) is 58.6 Å². The van der Waals surface area contributed by atoms with Gasteiger partial charge in [-0.3, -0.25) is 0 Å². The van der Waals surface area contributed by atoms with Crippen LogP contribution < -0.4 is 10.5 Å². The molecule has 3 heteroatoms. The zero-order chi connectivity index (χ0) is 14.5. The average molecular weight is 290 g/mol. The maximum atomic E-state index is 6.28. The Balaban J connectivity index is 2.40. The summed E-state index contributed by atoms with van der Waals surface area (Å²) in [6.07, 6.45) is 0.750. The van der Waals surface area contributed by atoms with E-state index in [1.807, 2.05) is 36.4 Å². The van der Waals surface area contributed by atoms with E-state index < -0.39 is 0 Å². The van der Waals surface area contributed by atoms with E-state index in [4.69, 9.17) is 22.1 Å². The lowest BCUT2D eigenvalue weighted by atomic mass is 10.0. The van der Waals surface area contributed by atoms with E-state index >= 15 is 0 Å². The second-order valence-electron chi connectivity index (χ2n) is 5.06. The molecular formula is C17H20ClNO. The third-order valence-electron chi connectivity index (χ3n) is 3.22. The fraction of sp³-hybridized carbons (Fsp3) is 0.294. The van der Waals surface area contributed by atoms with Gasteiger partial charge in [0.1, 0.15) is 11.5 Å². The summed E-state index contributed by atoms with van der Waals surface area (Å²) in [4.78, 5) is 0. The number of hydrogen-bond donors (Lipinski definition) is 1. The molecule has 0 aliphatic rings. The molecule has 0 amide bonds. The van der Waals surface area contributed by atoms with Crippen LogP contribution in [0.2, 0.25) is 5.02 Å². The Labute approximate surface area is 125 Å². The van der Waals surface area contributed by atoms with E-state index in [1.54, 1.807) is 0 Å². The number of para-hydroxylation sites is 2. The number of halogens is 1. The van der Waals surface area contributed by atoms with Crippen LogP contribution in [-0.2, 0) is 6.42 Å². The van der Waals surface area contributed by atoms with Crippen LogP contribution in [0.1, 0.15) is 30.9 Å². The lowest BCUT2D eigenvalue weighted by Gasteiger charge is -2.16. The average Bonchev–Trinajstić information content (AvgIpc) is 2.43. The molecule has 0 fully saturated rings. The Hall–Kier alpha value is -1.51. The Morgan fingerprint density at radius 3 is 2.55 bits per heavy atom. The van der Waals surface area contributed by atoms with E-state index in [0.29, 0.717) is 23.2 Å². The van der Waals surface area contributed by atoms with Gasteiger partial charge < -0.3 is 10.5 Å². The molecule has 2 rings (SSSR count). The van der Waals surface area contributed by atoms with Crippen LogP contribution in [0.4, 0.5) is 0 Å². The fourth-order valence-electron chi connectivity index (χ4n) is 2.18. The molecule has 0 saturated heterocycles. The van der Waals surface area contributed by atoms with Crippen LogP contribution in [0, 0.1) is 0 Å². The molecule has 2 nitrogen and oxygen atoms in total. The van der Waals surface area contributed by atoms with Crippen LogP contribution in [0.25, 0.3) is 0 Å². The van der Waals surface area contributed by atoms with Crippen LogP contribution in [-0.4, -0.2) is 6.54 Å². The van der Waals surface area contributed by atoms with Gasteiger partial charge in [-0.2, -0.15) is 0 Å². The largest absolute Gasteiger partial charge is 0.455 e. The zero-order valence-corrected chi connectivity index (χ0v) is 12.7. The molecule has 20 heavy (non-hydrogen) atoms. The first-order valence-electron chi connectivity index (χ1n) is 6.87. The second-order valence-corrected chi connectivity index (χ2v) is 5.47. The van der Waals surface area contributed by atoms with Gasteiger partial charge in [-0.25, -0.2) is 0 Å². The lowest BCUT2D eigenvalue weighted by molar-refractivity contribution is 0.467. The summed E-state index contributed by atoms with van der Waals surface area (Å²) >= 11 is 6.28. The first-order chi connectivity index (χ1) is 9.63. The number of nitrogens with two attached hydrogens (primary N) is 1. The Morgan fingerprint density at radius 2 is 1.85 bits per heavy atom. The standard InChI is InChI=1S/C17H20ClNO/c1-12(2)14-7-3-4-9-16(14)20-17-13(10-11-19)6-5-8-15(17)18/h3-9,12H,10-11,19H2,1-2H3. The molecule has 2 N–H and O–H groups in total. The van der Waals surface area contributed by atoms with E-state index in [-0.39, 0.29) is 0 Å². The lowest BCUT2D eigenvalue weighted by Crippen LogP contribution is -2.04. The van der Waals surface area contributed by atoms with Crippen molar-refractivity contribution < 1.29 is 4.74 Å². The highest BCUT2D eigenvalue weighted by Crippen LogP contribution is 2.36.